The van der Waals surface area contributed by atoms with Gasteiger partial charge in [0.05, 0.1) is 5.92 Å². The van der Waals surface area contributed by atoms with Crippen molar-refractivity contribution < 1.29 is 9.59 Å². The number of rotatable bonds is 5. The second kappa shape index (κ2) is 6.53. The molecular weight excluding hydrogens is 214 g/mol. The van der Waals surface area contributed by atoms with Gasteiger partial charge in [-0.2, -0.15) is 0 Å². The van der Waals surface area contributed by atoms with Crippen LogP contribution in [0, 0.1) is 0 Å². The number of ketones is 1. The van der Waals surface area contributed by atoms with E-state index in [1.54, 1.807) is 13.0 Å². The fourth-order valence-electron chi connectivity index (χ4n) is 1.42. The molecule has 3 nitrogen and oxygen atoms in total. The first-order valence-corrected chi connectivity index (χ1v) is 5.45. The predicted molar refractivity (Wildman–Crippen MR) is 68.2 cm³/mol. The highest BCUT2D eigenvalue weighted by Crippen LogP contribution is 2.18. The molecule has 0 saturated carbocycles. The minimum atomic E-state index is -0.524. The van der Waals surface area contributed by atoms with Gasteiger partial charge in [0.15, 0.2) is 5.78 Å². The molecule has 0 saturated heterocycles. The van der Waals surface area contributed by atoms with E-state index in [1.807, 2.05) is 30.3 Å². The standard InChI is InChI=1S/C14H15NO2/c1-3-12(16)9-10-13(14(17)15-2)11-7-5-4-6-8-11/h4-10,13H,2-3H2,1H3/b10-9+/t13-/m0/s1. The minimum Gasteiger partial charge on any atom is -0.295 e. The summed E-state index contributed by atoms with van der Waals surface area (Å²) in [6, 6.07) is 9.21. The van der Waals surface area contributed by atoms with E-state index in [2.05, 4.69) is 11.7 Å². The molecule has 0 bridgehead atoms. The number of aliphatic imine (C=N–C) groups is 1. The summed E-state index contributed by atoms with van der Waals surface area (Å²) in [5, 5.41) is 0. The lowest BCUT2D eigenvalue weighted by molar-refractivity contribution is -0.118. The lowest BCUT2D eigenvalue weighted by Crippen LogP contribution is -2.07. The summed E-state index contributed by atoms with van der Waals surface area (Å²) in [5.74, 6) is -0.886. The first-order valence-electron chi connectivity index (χ1n) is 5.45. The van der Waals surface area contributed by atoms with Gasteiger partial charge in [-0.25, -0.2) is 4.99 Å². The first-order chi connectivity index (χ1) is 8.19. The zero-order valence-electron chi connectivity index (χ0n) is 9.80. The normalized spacial score (nSPS) is 12.3. The maximum Gasteiger partial charge on any atom is 0.256 e. The molecule has 0 heterocycles. The summed E-state index contributed by atoms with van der Waals surface area (Å²) in [6.07, 6.45) is 3.44. The van der Waals surface area contributed by atoms with Gasteiger partial charge in [-0.3, -0.25) is 9.59 Å². The number of carbonyl (C=O) groups is 2. The van der Waals surface area contributed by atoms with E-state index < -0.39 is 5.92 Å². The fourth-order valence-corrected chi connectivity index (χ4v) is 1.42. The molecule has 0 unspecified atom stereocenters. The maximum atomic E-state index is 11.6. The Morgan fingerprint density at radius 3 is 2.53 bits per heavy atom. The summed E-state index contributed by atoms with van der Waals surface area (Å²) in [4.78, 5) is 26.3. The highest BCUT2D eigenvalue weighted by atomic mass is 16.1. The Bertz CT molecular complexity index is 435. The molecule has 1 aromatic rings. The predicted octanol–water partition coefficient (Wildman–Crippen LogP) is 2.53. The van der Waals surface area contributed by atoms with Crippen molar-refractivity contribution in [2.75, 3.05) is 0 Å². The number of hydrogen-bond acceptors (Lipinski definition) is 2. The molecule has 1 aromatic carbocycles. The van der Waals surface area contributed by atoms with Crippen molar-refractivity contribution in [2.45, 2.75) is 19.3 Å². The second-order valence-corrected chi connectivity index (χ2v) is 3.56. The lowest BCUT2D eigenvalue weighted by Gasteiger charge is -2.08. The van der Waals surface area contributed by atoms with Gasteiger partial charge >= 0.3 is 0 Å². The number of hydrogen-bond donors (Lipinski definition) is 0. The van der Waals surface area contributed by atoms with Gasteiger partial charge < -0.3 is 0 Å². The van der Waals surface area contributed by atoms with Crippen molar-refractivity contribution in [1.29, 1.82) is 0 Å². The Labute approximate surface area is 101 Å². The molecule has 0 N–H and O–H groups in total. The average molecular weight is 229 g/mol. The monoisotopic (exact) mass is 229 g/mol. The highest BCUT2D eigenvalue weighted by Gasteiger charge is 2.15. The molecule has 1 rings (SSSR count). The molecular formula is C14H15NO2. The van der Waals surface area contributed by atoms with Crippen molar-refractivity contribution in [2.24, 2.45) is 4.99 Å². The van der Waals surface area contributed by atoms with E-state index in [4.69, 9.17) is 0 Å². The first kappa shape index (κ1) is 13.0. The zero-order chi connectivity index (χ0) is 12.7. The van der Waals surface area contributed by atoms with Crippen LogP contribution >= 0.6 is 0 Å². The van der Waals surface area contributed by atoms with Crippen LogP contribution in [0.3, 0.4) is 0 Å². The van der Waals surface area contributed by atoms with Crippen molar-refractivity contribution in [3.05, 3.63) is 48.0 Å². The third kappa shape index (κ3) is 3.79. The topological polar surface area (TPSA) is 46.5 Å². The molecule has 0 aliphatic heterocycles. The van der Waals surface area contributed by atoms with Crippen LogP contribution in [-0.4, -0.2) is 18.4 Å². The number of allylic oxidation sites excluding steroid dienone is 1. The SMILES string of the molecule is C=NC(=O)[C@@H](/C=C/C(=O)CC)c1ccccc1. The molecule has 0 radical (unpaired) electrons. The average Bonchev–Trinajstić information content (AvgIpc) is 2.39. The molecule has 0 aliphatic carbocycles. The summed E-state index contributed by atoms with van der Waals surface area (Å²) in [5.41, 5.74) is 0.810. The second-order valence-electron chi connectivity index (χ2n) is 3.56. The minimum absolute atomic E-state index is 0.0113. The molecule has 17 heavy (non-hydrogen) atoms. The molecule has 3 heteroatoms. The summed E-state index contributed by atoms with van der Waals surface area (Å²) in [7, 11) is 0. The summed E-state index contributed by atoms with van der Waals surface area (Å²) < 4.78 is 0. The Morgan fingerprint density at radius 2 is 2.00 bits per heavy atom. The van der Waals surface area contributed by atoms with E-state index in [9.17, 15) is 9.59 Å². The number of carbonyl (C=O) groups excluding carboxylic acids is 2. The third-order valence-electron chi connectivity index (χ3n) is 2.40. The fraction of sp³-hybridized carbons (Fsp3) is 0.214. The summed E-state index contributed by atoms with van der Waals surface area (Å²) >= 11 is 0. The van der Waals surface area contributed by atoms with Crippen LogP contribution < -0.4 is 0 Å². The van der Waals surface area contributed by atoms with E-state index in [0.717, 1.165) is 5.56 Å². The number of nitrogens with zero attached hydrogens (tertiary/aromatic N) is 1. The van der Waals surface area contributed by atoms with Gasteiger partial charge in [0, 0.05) is 6.42 Å². The van der Waals surface area contributed by atoms with Gasteiger partial charge in [-0.15, -0.1) is 0 Å². The van der Waals surface area contributed by atoms with Crippen LogP contribution in [0.2, 0.25) is 0 Å². The van der Waals surface area contributed by atoms with Gasteiger partial charge in [-0.05, 0) is 18.4 Å². The van der Waals surface area contributed by atoms with Crippen LogP contribution in [0.25, 0.3) is 0 Å². The maximum absolute atomic E-state index is 11.6. The Morgan fingerprint density at radius 1 is 1.35 bits per heavy atom. The van der Waals surface area contributed by atoms with Crippen molar-refractivity contribution in [1.82, 2.24) is 0 Å². The molecule has 88 valence electrons. The van der Waals surface area contributed by atoms with Crippen molar-refractivity contribution >= 4 is 18.4 Å². The van der Waals surface area contributed by atoms with Crippen LogP contribution in [-0.2, 0) is 9.59 Å². The molecule has 1 atom stereocenters. The molecule has 0 fully saturated rings. The molecule has 1 amide bonds. The molecule has 0 aliphatic rings. The van der Waals surface area contributed by atoms with Gasteiger partial charge in [0.2, 0.25) is 0 Å². The Balaban J connectivity index is 2.97. The number of amides is 1. The Kier molecular flexibility index (Phi) is 5.01. The van der Waals surface area contributed by atoms with E-state index in [-0.39, 0.29) is 11.7 Å². The quantitative estimate of drug-likeness (QED) is 0.575. The van der Waals surface area contributed by atoms with Crippen LogP contribution in [0.1, 0.15) is 24.8 Å². The smallest absolute Gasteiger partial charge is 0.256 e. The van der Waals surface area contributed by atoms with Gasteiger partial charge in [0.1, 0.15) is 0 Å². The van der Waals surface area contributed by atoms with Crippen LogP contribution in [0.4, 0.5) is 0 Å². The third-order valence-corrected chi connectivity index (χ3v) is 2.40. The molecule has 0 aromatic heterocycles. The number of benzene rings is 1. The molecule has 0 spiro atoms. The lowest BCUT2D eigenvalue weighted by atomic mass is 9.97. The van der Waals surface area contributed by atoms with E-state index in [0.29, 0.717) is 6.42 Å². The van der Waals surface area contributed by atoms with E-state index in [1.165, 1.54) is 6.08 Å². The van der Waals surface area contributed by atoms with Crippen LogP contribution in [0.5, 0.6) is 0 Å². The van der Waals surface area contributed by atoms with Crippen LogP contribution in [0.15, 0.2) is 47.5 Å². The highest BCUT2D eigenvalue weighted by molar-refractivity contribution is 5.93. The van der Waals surface area contributed by atoms with Crippen molar-refractivity contribution in [3.8, 4) is 0 Å². The largest absolute Gasteiger partial charge is 0.295 e. The van der Waals surface area contributed by atoms with E-state index >= 15 is 0 Å². The van der Waals surface area contributed by atoms with Gasteiger partial charge in [0.25, 0.3) is 5.91 Å². The Hall–Kier alpha value is -2.03. The van der Waals surface area contributed by atoms with Crippen molar-refractivity contribution in [3.63, 3.8) is 0 Å². The van der Waals surface area contributed by atoms with Gasteiger partial charge in [-0.1, -0.05) is 43.3 Å². The zero-order valence-corrected chi connectivity index (χ0v) is 9.80. The summed E-state index contributed by atoms with van der Waals surface area (Å²) in [6.45, 7) is 5.01.